The van der Waals surface area contributed by atoms with Crippen LogP contribution in [0.2, 0.25) is 0 Å². The number of carbonyl (C=O) groups excluding carboxylic acids is 1. The molecule has 1 aliphatic heterocycles. The van der Waals surface area contributed by atoms with Crippen LogP contribution in [0.15, 0.2) is 12.1 Å². The SMILES string of the molecule is CC1(C)OB(c2cc3c(cc2C=O)CC3)OC1(C)C. The molecule has 1 aliphatic carbocycles. The molecule has 0 amide bonds. The van der Waals surface area contributed by atoms with Crippen molar-refractivity contribution < 1.29 is 14.1 Å². The van der Waals surface area contributed by atoms with E-state index in [1.165, 1.54) is 11.1 Å². The molecule has 1 aromatic carbocycles. The van der Waals surface area contributed by atoms with Gasteiger partial charge in [-0.2, -0.15) is 0 Å². The number of rotatable bonds is 2. The van der Waals surface area contributed by atoms with Gasteiger partial charge in [0.25, 0.3) is 0 Å². The minimum Gasteiger partial charge on any atom is -0.399 e. The van der Waals surface area contributed by atoms with Crippen LogP contribution in [0.1, 0.15) is 49.2 Å². The summed E-state index contributed by atoms with van der Waals surface area (Å²) in [7, 11) is -0.448. The number of aldehydes is 1. The molecule has 0 bridgehead atoms. The summed E-state index contributed by atoms with van der Waals surface area (Å²) in [6, 6.07) is 4.05. The Morgan fingerprint density at radius 3 is 2.05 bits per heavy atom. The van der Waals surface area contributed by atoms with Crippen molar-refractivity contribution in [3.05, 3.63) is 28.8 Å². The summed E-state index contributed by atoms with van der Waals surface area (Å²) in [5.41, 5.74) is 3.41. The van der Waals surface area contributed by atoms with Crippen molar-refractivity contribution in [2.24, 2.45) is 0 Å². The molecule has 1 fully saturated rings. The monoisotopic (exact) mass is 258 g/mol. The topological polar surface area (TPSA) is 35.5 Å². The molecule has 100 valence electrons. The van der Waals surface area contributed by atoms with E-state index in [0.29, 0.717) is 5.56 Å². The van der Waals surface area contributed by atoms with Crippen molar-refractivity contribution in [3.63, 3.8) is 0 Å². The average Bonchev–Trinajstić information content (AvgIpc) is 2.50. The first kappa shape index (κ1) is 12.9. The molecule has 0 atom stereocenters. The summed E-state index contributed by atoms with van der Waals surface area (Å²) in [5.74, 6) is 0. The Kier molecular flexibility index (Phi) is 2.67. The van der Waals surface area contributed by atoms with Gasteiger partial charge in [0, 0.05) is 5.56 Å². The predicted molar refractivity (Wildman–Crippen MR) is 75.0 cm³/mol. The van der Waals surface area contributed by atoms with Crippen LogP contribution in [0.3, 0.4) is 0 Å². The fraction of sp³-hybridized carbons (Fsp3) is 0.533. The van der Waals surface area contributed by atoms with E-state index >= 15 is 0 Å². The fourth-order valence-corrected chi connectivity index (χ4v) is 2.56. The summed E-state index contributed by atoms with van der Waals surface area (Å²) in [6.07, 6.45) is 3.06. The van der Waals surface area contributed by atoms with Gasteiger partial charge in [0.2, 0.25) is 0 Å². The smallest absolute Gasteiger partial charge is 0.399 e. The van der Waals surface area contributed by atoms with Crippen molar-refractivity contribution in [3.8, 4) is 0 Å². The highest BCUT2D eigenvalue weighted by Crippen LogP contribution is 2.37. The van der Waals surface area contributed by atoms with Crippen molar-refractivity contribution in [2.75, 3.05) is 0 Å². The van der Waals surface area contributed by atoms with E-state index < -0.39 is 7.12 Å². The van der Waals surface area contributed by atoms with Crippen LogP contribution in [-0.4, -0.2) is 24.6 Å². The van der Waals surface area contributed by atoms with Crippen LogP contribution >= 0.6 is 0 Å². The Morgan fingerprint density at radius 1 is 1.05 bits per heavy atom. The number of aryl methyl sites for hydroxylation is 2. The Labute approximate surface area is 114 Å². The third-order valence-corrected chi connectivity index (χ3v) is 4.70. The van der Waals surface area contributed by atoms with E-state index in [2.05, 4.69) is 6.07 Å². The lowest BCUT2D eigenvalue weighted by molar-refractivity contribution is 0.00578. The molecule has 0 unspecified atom stereocenters. The van der Waals surface area contributed by atoms with E-state index in [-0.39, 0.29) is 11.2 Å². The molecule has 2 aliphatic rings. The second-order valence-electron chi connectivity index (χ2n) is 6.46. The van der Waals surface area contributed by atoms with Crippen molar-refractivity contribution >= 4 is 18.9 Å². The zero-order valence-corrected chi connectivity index (χ0v) is 11.9. The Hall–Kier alpha value is -1.13. The molecular weight excluding hydrogens is 239 g/mol. The molecule has 1 aromatic rings. The second-order valence-corrected chi connectivity index (χ2v) is 6.46. The third kappa shape index (κ3) is 1.85. The second kappa shape index (κ2) is 3.93. The molecule has 0 radical (unpaired) electrons. The number of hydrogen-bond acceptors (Lipinski definition) is 3. The summed E-state index contributed by atoms with van der Waals surface area (Å²) in [4.78, 5) is 11.3. The van der Waals surface area contributed by atoms with E-state index in [0.717, 1.165) is 24.6 Å². The van der Waals surface area contributed by atoms with E-state index in [1.807, 2.05) is 33.8 Å². The average molecular weight is 258 g/mol. The normalized spacial score (nSPS) is 22.8. The van der Waals surface area contributed by atoms with Crippen LogP contribution in [0.4, 0.5) is 0 Å². The van der Waals surface area contributed by atoms with E-state index in [1.54, 1.807) is 0 Å². The molecule has 3 rings (SSSR count). The minimum absolute atomic E-state index is 0.374. The number of carbonyl (C=O) groups is 1. The van der Waals surface area contributed by atoms with Gasteiger partial charge >= 0.3 is 7.12 Å². The molecule has 1 heterocycles. The lowest BCUT2D eigenvalue weighted by atomic mass is 9.72. The van der Waals surface area contributed by atoms with Gasteiger partial charge < -0.3 is 9.31 Å². The maximum absolute atomic E-state index is 11.3. The summed E-state index contributed by atoms with van der Waals surface area (Å²) in [6.45, 7) is 8.09. The summed E-state index contributed by atoms with van der Waals surface area (Å²) in [5, 5.41) is 0. The molecule has 0 spiro atoms. The van der Waals surface area contributed by atoms with Gasteiger partial charge in [-0.05, 0) is 63.2 Å². The van der Waals surface area contributed by atoms with Crippen molar-refractivity contribution in [1.29, 1.82) is 0 Å². The molecule has 19 heavy (non-hydrogen) atoms. The van der Waals surface area contributed by atoms with Gasteiger partial charge in [-0.25, -0.2) is 0 Å². The van der Waals surface area contributed by atoms with Crippen molar-refractivity contribution in [1.82, 2.24) is 0 Å². The molecule has 0 aromatic heterocycles. The lowest BCUT2D eigenvalue weighted by Crippen LogP contribution is -2.41. The van der Waals surface area contributed by atoms with Gasteiger partial charge in [0.05, 0.1) is 11.2 Å². The largest absolute Gasteiger partial charge is 0.495 e. The van der Waals surface area contributed by atoms with Crippen LogP contribution < -0.4 is 5.46 Å². The molecule has 1 saturated heterocycles. The Balaban J connectivity index is 2.00. The van der Waals surface area contributed by atoms with Gasteiger partial charge in [-0.3, -0.25) is 4.79 Å². The number of fused-ring (bicyclic) bond motifs is 1. The van der Waals surface area contributed by atoms with E-state index in [9.17, 15) is 4.79 Å². The zero-order valence-electron chi connectivity index (χ0n) is 11.9. The lowest BCUT2D eigenvalue weighted by Gasteiger charge is -2.32. The van der Waals surface area contributed by atoms with Crippen LogP contribution in [0.5, 0.6) is 0 Å². The first-order valence-electron chi connectivity index (χ1n) is 6.80. The quantitative estimate of drug-likeness (QED) is 0.600. The minimum atomic E-state index is -0.448. The molecule has 4 heteroatoms. The molecular formula is C15H19BO3. The van der Waals surface area contributed by atoms with E-state index in [4.69, 9.17) is 9.31 Å². The zero-order chi connectivity index (χ0) is 13.8. The molecule has 3 nitrogen and oxygen atoms in total. The highest BCUT2D eigenvalue weighted by Gasteiger charge is 2.52. The van der Waals surface area contributed by atoms with Crippen LogP contribution in [0, 0.1) is 0 Å². The first-order valence-corrected chi connectivity index (χ1v) is 6.80. The molecule has 0 saturated carbocycles. The maximum atomic E-state index is 11.3. The van der Waals surface area contributed by atoms with Crippen LogP contribution in [0.25, 0.3) is 0 Å². The van der Waals surface area contributed by atoms with Crippen molar-refractivity contribution in [2.45, 2.75) is 51.7 Å². The summed E-state index contributed by atoms with van der Waals surface area (Å²) < 4.78 is 12.1. The van der Waals surface area contributed by atoms with Gasteiger partial charge in [0.1, 0.15) is 6.29 Å². The Morgan fingerprint density at radius 2 is 1.58 bits per heavy atom. The standard InChI is InChI=1S/C15H19BO3/c1-14(2)15(3,4)19-16(18-14)13-8-11-6-5-10(11)7-12(13)9-17/h7-9H,5-6H2,1-4H3. The maximum Gasteiger partial charge on any atom is 0.495 e. The van der Waals surface area contributed by atoms with Crippen LogP contribution in [-0.2, 0) is 22.2 Å². The number of benzene rings is 1. The predicted octanol–water partition coefficient (Wildman–Crippen LogP) is 1.90. The molecule has 0 N–H and O–H groups in total. The van der Waals surface area contributed by atoms with Gasteiger partial charge in [0.15, 0.2) is 0 Å². The summed E-state index contributed by atoms with van der Waals surface area (Å²) >= 11 is 0. The third-order valence-electron chi connectivity index (χ3n) is 4.70. The van der Waals surface area contributed by atoms with Gasteiger partial charge in [-0.15, -0.1) is 0 Å². The highest BCUT2D eigenvalue weighted by molar-refractivity contribution is 6.63. The fourth-order valence-electron chi connectivity index (χ4n) is 2.56. The Bertz CT molecular complexity index is 533. The van der Waals surface area contributed by atoms with Gasteiger partial charge in [-0.1, -0.05) is 6.07 Å². The highest BCUT2D eigenvalue weighted by atomic mass is 16.7. The first-order chi connectivity index (χ1) is 8.84. The number of hydrogen-bond donors (Lipinski definition) is 0.